The van der Waals surface area contributed by atoms with E-state index in [1.165, 1.54) is 11.8 Å². The summed E-state index contributed by atoms with van der Waals surface area (Å²) in [6.45, 7) is 3.84. The second kappa shape index (κ2) is 6.47. The molecular weight excluding hydrogens is 282 g/mol. The third kappa shape index (κ3) is 6.14. The molecule has 0 aromatic carbocycles. The Bertz CT molecular complexity index is 462. The van der Waals surface area contributed by atoms with Gasteiger partial charge in [-0.25, -0.2) is 13.4 Å². The smallest absolute Gasteiger partial charge is 0.233 e. The molecule has 1 heterocycles. The summed E-state index contributed by atoms with van der Waals surface area (Å²) < 4.78 is 27.1. The van der Waals surface area contributed by atoms with Crippen molar-refractivity contribution in [2.24, 2.45) is 0 Å². The summed E-state index contributed by atoms with van der Waals surface area (Å²) in [6.07, 6.45) is 1.69. The molecule has 0 N–H and O–H groups in total. The number of nitrogens with zero attached hydrogens (tertiary/aromatic N) is 1. The molecule has 0 bridgehead atoms. The fourth-order valence-corrected chi connectivity index (χ4v) is 3.35. The Kier molecular flexibility index (Phi) is 5.55. The lowest BCUT2D eigenvalue weighted by Gasteiger charge is -2.12. The highest BCUT2D eigenvalue weighted by Crippen LogP contribution is 2.27. The zero-order valence-corrected chi connectivity index (χ0v) is 12.0. The van der Waals surface area contributed by atoms with Crippen LogP contribution in [0.1, 0.15) is 13.8 Å². The highest BCUT2D eigenvalue weighted by atomic mass is 35.7. The van der Waals surface area contributed by atoms with E-state index < -0.39 is 9.05 Å². The molecule has 0 fully saturated rings. The first-order chi connectivity index (χ1) is 7.88. The molecule has 0 spiro atoms. The number of rotatable bonds is 6. The predicted octanol–water partition coefficient (Wildman–Crippen LogP) is 2.53. The van der Waals surface area contributed by atoms with Crippen molar-refractivity contribution in [3.63, 3.8) is 0 Å². The Morgan fingerprint density at radius 2 is 2.24 bits per heavy atom. The van der Waals surface area contributed by atoms with E-state index in [1.807, 2.05) is 19.9 Å². The van der Waals surface area contributed by atoms with Crippen LogP contribution in [0, 0.1) is 0 Å². The molecule has 0 unspecified atom stereocenters. The number of hydrogen-bond donors (Lipinski definition) is 0. The molecule has 0 aliphatic carbocycles. The highest BCUT2D eigenvalue weighted by molar-refractivity contribution is 8.14. The molecule has 96 valence electrons. The van der Waals surface area contributed by atoms with Gasteiger partial charge in [-0.1, -0.05) is 0 Å². The maximum Gasteiger partial charge on any atom is 0.233 e. The largest absolute Gasteiger partial charge is 0.488 e. The van der Waals surface area contributed by atoms with Gasteiger partial charge in [-0.2, -0.15) is 0 Å². The van der Waals surface area contributed by atoms with Crippen LogP contribution < -0.4 is 4.74 Å². The van der Waals surface area contributed by atoms with Crippen molar-refractivity contribution >= 4 is 31.5 Å². The summed E-state index contributed by atoms with van der Waals surface area (Å²) in [6, 6.07) is 3.59. The van der Waals surface area contributed by atoms with E-state index in [2.05, 4.69) is 4.98 Å². The van der Waals surface area contributed by atoms with Gasteiger partial charge in [0.1, 0.15) is 5.03 Å². The highest BCUT2D eigenvalue weighted by Gasteiger charge is 2.10. The minimum absolute atomic E-state index is 0.0512. The zero-order chi connectivity index (χ0) is 12.9. The Morgan fingerprint density at radius 3 is 2.82 bits per heavy atom. The van der Waals surface area contributed by atoms with Crippen LogP contribution in [0.15, 0.2) is 23.4 Å². The number of thioether (sulfide) groups is 1. The second-order valence-corrected chi connectivity index (χ2v) is 7.54. The third-order valence-electron chi connectivity index (χ3n) is 1.66. The van der Waals surface area contributed by atoms with Gasteiger partial charge in [0, 0.05) is 22.6 Å². The van der Waals surface area contributed by atoms with E-state index in [1.54, 1.807) is 12.3 Å². The molecule has 4 nitrogen and oxygen atoms in total. The lowest BCUT2D eigenvalue weighted by atomic mass is 10.4. The van der Waals surface area contributed by atoms with Crippen LogP contribution in [-0.2, 0) is 9.05 Å². The van der Waals surface area contributed by atoms with Crippen LogP contribution in [0.2, 0.25) is 0 Å². The average Bonchev–Trinajstić information content (AvgIpc) is 2.18. The number of hydrogen-bond acceptors (Lipinski definition) is 5. The van der Waals surface area contributed by atoms with Gasteiger partial charge >= 0.3 is 0 Å². The molecule has 0 atom stereocenters. The fourth-order valence-electron chi connectivity index (χ4n) is 1.07. The summed E-state index contributed by atoms with van der Waals surface area (Å²) in [7, 11) is 1.68. The standard InChI is InChI=1S/C10H14ClNO3S2/c1-8(2)15-9-4-3-5-12-10(9)16-6-7-17(11,13)14/h3-5,8H,6-7H2,1-2H3. The third-order valence-corrected chi connectivity index (χ3v) is 4.07. The van der Waals surface area contributed by atoms with Gasteiger partial charge in [0.05, 0.1) is 11.9 Å². The molecule has 0 radical (unpaired) electrons. The van der Waals surface area contributed by atoms with E-state index >= 15 is 0 Å². The quantitative estimate of drug-likeness (QED) is 0.596. The summed E-state index contributed by atoms with van der Waals surface area (Å²) in [5.74, 6) is 0.938. The summed E-state index contributed by atoms with van der Waals surface area (Å²) in [5, 5.41) is 0.682. The SMILES string of the molecule is CC(C)Oc1cccnc1SCCS(=O)(=O)Cl. The van der Waals surface area contributed by atoms with Crippen molar-refractivity contribution in [3.8, 4) is 5.75 Å². The van der Waals surface area contributed by atoms with Crippen LogP contribution in [0.5, 0.6) is 5.75 Å². The molecule has 0 aliphatic rings. The van der Waals surface area contributed by atoms with Gasteiger partial charge < -0.3 is 4.74 Å². The van der Waals surface area contributed by atoms with Gasteiger partial charge in [-0.3, -0.25) is 0 Å². The molecule has 7 heteroatoms. The van der Waals surface area contributed by atoms with Gasteiger partial charge in [0.2, 0.25) is 9.05 Å². The summed E-state index contributed by atoms with van der Waals surface area (Å²) >= 11 is 1.32. The van der Waals surface area contributed by atoms with Gasteiger partial charge in [0.15, 0.2) is 5.75 Å². The van der Waals surface area contributed by atoms with E-state index in [9.17, 15) is 8.42 Å². The van der Waals surface area contributed by atoms with Crippen LogP contribution in [-0.4, -0.2) is 31.0 Å². The van der Waals surface area contributed by atoms with Crippen molar-refractivity contribution < 1.29 is 13.2 Å². The summed E-state index contributed by atoms with van der Waals surface area (Å²) in [4.78, 5) is 4.15. The molecule has 0 amide bonds. The fraction of sp³-hybridized carbons (Fsp3) is 0.500. The Balaban J connectivity index is 2.64. The topological polar surface area (TPSA) is 56.3 Å². The monoisotopic (exact) mass is 295 g/mol. The van der Waals surface area contributed by atoms with Crippen molar-refractivity contribution in [2.45, 2.75) is 25.0 Å². The number of pyridine rings is 1. The first-order valence-corrected chi connectivity index (χ1v) is 8.51. The molecule has 1 rings (SSSR count). The van der Waals surface area contributed by atoms with Crippen LogP contribution in [0.3, 0.4) is 0 Å². The van der Waals surface area contributed by atoms with Crippen LogP contribution >= 0.6 is 22.4 Å². The Hall–Kier alpha value is -0.460. The lowest BCUT2D eigenvalue weighted by Crippen LogP contribution is -2.07. The molecule has 1 aromatic rings. The molecule has 1 aromatic heterocycles. The van der Waals surface area contributed by atoms with E-state index in [4.69, 9.17) is 15.4 Å². The molecule has 0 aliphatic heterocycles. The average molecular weight is 296 g/mol. The molecule has 0 saturated heterocycles. The molecule has 17 heavy (non-hydrogen) atoms. The Morgan fingerprint density at radius 1 is 1.53 bits per heavy atom. The van der Waals surface area contributed by atoms with E-state index in [0.717, 1.165) is 0 Å². The van der Waals surface area contributed by atoms with Gasteiger partial charge in [0.25, 0.3) is 0 Å². The zero-order valence-electron chi connectivity index (χ0n) is 9.59. The van der Waals surface area contributed by atoms with Crippen LogP contribution in [0.25, 0.3) is 0 Å². The minimum atomic E-state index is -3.45. The minimum Gasteiger partial charge on any atom is -0.488 e. The van der Waals surface area contributed by atoms with Crippen molar-refractivity contribution in [2.75, 3.05) is 11.5 Å². The van der Waals surface area contributed by atoms with Crippen LogP contribution in [0.4, 0.5) is 0 Å². The Labute approximate surface area is 110 Å². The van der Waals surface area contributed by atoms with E-state index in [-0.39, 0.29) is 11.9 Å². The van der Waals surface area contributed by atoms with Gasteiger partial charge in [-0.05, 0) is 26.0 Å². The van der Waals surface area contributed by atoms with E-state index in [0.29, 0.717) is 16.5 Å². The maximum absolute atomic E-state index is 10.8. The van der Waals surface area contributed by atoms with Crippen molar-refractivity contribution in [3.05, 3.63) is 18.3 Å². The first kappa shape index (κ1) is 14.6. The lowest BCUT2D eigenvalue weighted by molar-refractivity contribution is 0.234. The maximum atomic E-state index is 10.8. The number of aromatic nitrogens is 1. The summed E-state index contributed by atoms with van der Waals surface area (Å²) in [5.41, 5.74) is 0. The second-order valence-electron chi connectivity index (χ2n) is 3.56. The normalized spacial score (nSPS) is 11.8. The molecule has 0 saturated carbocycles. The number of ether oxygens (including phenoxy) is 1. The van der Waals surface area contributed by atoms with Crippen molar-refractivity contribution in [1.29, 1.82) is 0 Å². The first-order valence-electron chi connectivity index (χ1n) is 5.05. The van der Waals surface area contributed by atoms with Gasteiger partial charge in [-0.15, -0.1) is 11.8 Å². The predicted molar refractivity (Wildman–Crippen MR) is 70.4 cm³/mol. The molecular formula is C10H14ClNO3S2. The number of halogens is 1. The van der Waals surface area contributed by atoms with Crippen molar-refractivity contribution in [1.82, 2.24) is 4.98 Å².